The average molecular weight is 436 g/mol. The van der Waals surface area contributed by atoms with Crippen molar-refractivity contribution in [1.82, 2.24) is 4.90 Å². The zero-order valence-corrected chi connectivity index (χ0v) is 17.3. The Labute approximate surface area is 178 Å². The van der Waals surface area contributed by atoms with Crippen LogP contribution in [-0.2, 0) is 22.4 Å². The van der Waals surface area contributed by atoms with Gasteiger partial charge in [0.2, 0.25) is 5.91 Å². The Bertz CT molecular complexity index is 922. The van der Waals surface area contributed by atoms with Crippen LogP contribution in [0.5, 0.6) is 0 Å². The molecule has 2 aromatic carbocycles. The maximum atomic E-state index is 13.1. The largest absolute Gasteiger partial charge is 0.416 e. The van der Waals surface area contributed by atoms with Gasteiger partial charge in [-0.2, -0.15) is 13.2 Å². The molecule has 0 radical (unpaired) electrons. The Morgan fingerprint density at radius 1 is 1.13 bits per heavy atom. The summed E-state index contributed by atoms with van der Waals surface area (Å²) in [5.74, 6) is -0.311. The van der Waals surface area contributed by atoms with Gasteiger partial charge in [0.15, 0.2) is 6.10 Å². The fourth-order valence-electron chi connectivity index (χ4n) is 3.34. The van der Waals surface area contributed by atoms with E-state index in [9.17, 15) is 22.4 Å². The highest BCUT2D eigenvalue weighted by Gasteiger charge is 2.30. The van der Waals surface area contributed by atoms with Crippen molar-refractivity contribution in [3.8, 4) is 0 Å². The molecular formula is C23H24F4N2O2. The van der Waals surface area contributed by atoms with Gasteiger partial charge in [-0.1, -0.05) is 43.3 Å². The summed E-state index contributed by atoms with van der Waals surface area (Å²) < 4.78 is 51.6. The van der Waals surface area contributed by atoms with Gasteiger partial charge >= 0.3 is 6.18 Å². The quantitative estimate of drug-likeness (QED) is 0.545. The summed E-state index contributed by atoms with van der Waals surface area (Å²) in [6.07, 6.45) is -4.02. The molecule has 166 valence electrons. The molecule has 3 rings (SSSR count). The standard InChI is InChI=1S/C23H24F4N2O2/c1-15(2)11-22(30)29(13-16-3-7-18(8-4-16)23(25,26)27)14-20-12-21(28-31-20)17-5-9-19(24)10-6-17/h3-10,15,20H,11-14H2,1-2H3/t20-/m1/s1. The Morgan fingerprint density at radius 3 is 2.35 bits per heavy atom. The Morgan fingerprint density at radius 2 is 1.77 bits per heavy atom. The second-order valence-electron chi connectivity index (χ2n) is 8.04. The lowest BCUT2D eigenvalue weighted by Crippen LogP contribution is -2.37. The number of benzene rings is 2. The average Bonchev–Trinajstić information content (AvgIpc) is 3.16. The molecule has 1 aliphatic heterocycles. The van der Waals surface area contributed by atoms with Crippen LogP contribution in [-0.4, -0.2) is 29.2 Å². The number of hydrogen-bond donors (Lipinski definition) is 0. The molecule has 0 saturated heterocycles. The predicted molar refractivity (Wildman–Crippen MR) is 109 cm³/mol. The van der Waals surface area contributed by atoms with Crippen molar-refractivity contribution in [2.24, 2.45) is 11.1 Å². The highest BCUT2D eigenvalue weighted by atomic mass is 19.4. The van der Waals surface area contributed by atoms with Crippen molar-refractivity contribution < 1.29 is 27.2 Å². The molecule has 0 unspecified atom stereocenters. The zero-order chi connectivity index (χ0) is 22.6. The van der Waals surface area contributed by atoms with E-state index in [0.29, 0.717) is 24.1 Å². The first-order chi connectivity index (χ1) is 14.6. The molecule has 1 heterocycles. The fourth-order valence-corrected chi connectivity index (χ4v) is 3.34. The molecule has 0 saturated carbocycles. The Hall–Kier alpha value is -2.90. The third kappa shape index (κ3) is 6.29. The molecule has 1 aliphatic rings. The Balaban J connectivity index is 1.68. The first kappa shape index (κ1) is 22.8. The van der Waals surface area contributed by atoms with Crippen molar-refractivity contribution in [2.75, 3.05) is 6.54 Å². The molecule has 0 aromatic heterocycles. The number of carbonyl (C=O) groups excluding carboxylic acids is 1. The van der Waals surface area contributed by atoms with Crippen LogP contribution in [0.1, 0.15) is 43.4 Å². The van der Waals surface area contributed by atoms with Crippen molar-refractivity contribution >= 4 is 11.6 Å². The van der Waals surface area contributed by atoms with E-state index in [0.717, 1.165) is 17.7 Å². The molecular weight excluding hydrogens is 412 g/mol. The van der Waals surface area contributed by atoms with Crippen LogP contribution in [0.2, 0.25) is 0 Å². The monoisotopic (exact) mass is 436 g/mol. The van der Waals surface area contributed by atoms with Crippen molar-refractivity contribution in [2.45, 2.75) is 45.5 Å². The van der Waals surface area contributed by atoms with Crippen molar-refractivity contribution in [1.29, 1.82) is 0 Å². The maximum Gasteiger partial charge on any atom is 0.416 e. The van der Waals surface area contributed by atoms with E-state index in [1.165, 1.54) is 24.3 Å². The molecule has 1 atom stereocenters. The highest BCUT2D eigenvalue weighted by Crippen LogP contribution is 2.29. The van der Waals surface area contributed by atoms with Gasteiger partial charge in [0.1, 0.15) is 5.82 Å². The molecule has 0 N–H and O–H groups in total. The highest BCUT2D eigenvalue weighted by molar-refractivity contribution is 6.01. The number of carbonyl (C=O) groups is 1. The van der Waals surface area contributed by atoms with E-state index in [1.54, 1.807) is 17.0 Å². The molecule has 4 nitrogen and oxygen atoms in total. The van der Waals surface area contributed by atoms with Gasteiger partial charge in [-0.3, -0.25) is 4.79 Å². The minimum Gasteiger partial charge on any atom is -0.390 e. The number of amides is 1. The minimum absolute atomic E-state index is 0.103. The van der Waals surface area contributed by atoms with Gasteiger partial charge in [0.05, 0.1) is 17.8 Å². The number of rotatable bonds is 7. The van der Waals surface area contributed by atoms with Gasteiger partial charge in [0.25, 0.3) is 0 Å². The van der Waals surface area contributed by atoms with Crippen LogP contribution in [0.4, 0.5) is 17.6 Å². The molecule has 1 amide bonds. The Kier molecular flexibility index (Phi) is 6.97. The van der Waals surface area contributed by atoms with Gasteiger partial charge in [-0.25, -0.2) is 4.39 Å². The number of alkyl halides is 3. The minimum atomic E-state index is -4.41. The topological polar surface area (TPSA) is 41.9 Å². The van der Waals surface area contributed by atoms with Crippen molar-refractivity contribution in [3.63, 3.8) is 0 Å². The summed E-state index contributed by atoms with van der Waals surface area (Å²) in [6.45, 7) is 4.28. The van der Waals surface area contributed by atoms with E-state index in [-0.39, 0.29) is 36.8 Å². The maximum absolute atomic E-state index is 13.1. The predicted octanol–water partition coefficient (Wildman–Crippen LogP) is 5.41. The summed E-state index contributed by atoms with van der Waals surface area (Å²) in [4.78, 5) is 19.9. The first-order valence-corrected chi connectivity index (χ1v) is 10.0. The number of oxime groups is 1. The molecule has 8 heteroatoms. The molecule has 0 bridgehead atoms. The van der Waals surface area contributed by atoms with Gasteiger partial charge in [-0.05, 0) is 41.3 Å². The van der Waals surface area contributed by atoms with Crippen molar-refractivity contribution in [3.05, 3.63) is 71.0 Å². The first-order valence-electron chi connectivity index (χ1n) is 10.0. The molecule has 2 aromatic rings. The lowest BCUT2D eigenvalue weighted by molar-refractivity contribution is -0.138. The van der Waals surface area contributed by atoms with Gasteiger partial charge < -0.3 is 9.74 Å². The normalized spacial score (nSPS) is 16.2. The summed E-state index contributed by atoms with van der Waals surface area (Å²) in [7, 11) is 0. The van der Waals surface area contributed by atoms with Gasteiger partial charge in [-0.15, -0.1) is 0 Å². The summed E-state index contributed by atoms with van der Waals surface area (Å²) in [6, 6.07) is 10.7. The third-order valence-corrected chi connectivity index (χ3v) is 4.92. The number of nitrogens with zero attached hydrogens (tertiary/aromatic N) is 2. The van der Waals surface area contributed by atoms with Gasteiger partial charge in [0, 0.05) is 19.4 Å². The summed E-state index contributed by atoms with van der Waals surface area (Å²) in [5.41, 5.74) is 1.28. The SMILES string of the molecule is CC(C)CC(=O)N(Cc1ccc(C(F)(F)F)cc1)C[C@H]1CC(c2ccc(F)cc2)=NO1. The fraction of sp³-hybridized carbons (Fsp3) is 0.391. The smallest absolute Gasteiger partial charge is 0.390 e. The van der Waals surface area contributed by atoms with Crippen LogP contribution >= 0.6 is 0 Å². The molecule has 0 fully saturated rings. The number of halogens is 4. The molecule has 31 heavy (non-hydrogen) atoms. The van der Waals surface area contributed by atoms with Crippen LogP contribution in [0.15, 0.2) is 53.7 Å². The second-order valence-corrected chi connectivity index (χ2v) is 8.04. The lowest BCUT2D eigenvalue weighted by atomic mass is 10.0. The second kappa shape index (κ2) is 9.49. The summed E-state index contributed by atoms with van der Waals surface area (Å²) in [5, 5.41) is 4.07. The van der Waals surface area contributed by atoms with Crippen LogP contribution < -0.4 is 0 Å². The van der Waals surface area contributed by atoms with E-state index in [4.69, 9.17) is 4.84 Å². The van der Waals surface area contributed by atoms with E-state index in [2.05, 4.69) is 5.16 Å². The molecule has 0 spiro atoms. The molecule has 0 aliphatic carbocycles. The van der Waals surface area contributed by atoms with Crippen LogP contribution in [0.25, 0.3) is 0 Å². The van der Waals surface area contributed by atoms with E-state index >= 15 is 0 Å². The van der Waals surface area contributed by atoms with E-state index in [1.807, 2.05) is 13.8 Å². The van der Waals surface area contributed by atoms with Crippen LogP contribution in [0, 0.1) is 11.7 Å². The third-order valence-electron chi connectivity index (χ3n) is 4.92. The number of hydrogen-bond acceptors (Lipinski definition) is 3. The van der Waals surface area contributed by atoms with Crippen LogP contribution in [0.3, 0.4) is 0 Å². The van der Waals surface area contributed by atoms with E-state index < -0.39 is 11.7 Å². The summed E-state index contributed by atoms with van der Waals surface area (Å²) >= 11 is 0. The zero-order valence-electron chi connectivity index (χ0n) is 17.3. The lowest BCUT2D eigenvalue weighted by Gasteiger charge is -2.26.